The van der Waals surface area contributed by atoms with Crippen LogP contribution in [0.4, 0.5) is 0 Å². The van der Waals surface area contributed by atoms with Crippen molar-refractivity contribution in [1.82, 2.24) is 5.32 Å². The number of hydrogen-bond acceptors (Lipinski definition) is 3. The third-order valence-electron chi connectivity index (χ3n) is 4.15. The number of benzene rings is 2. The summed E-state index contributed by atoms with van der Waals surface area (Å²) in [4.78, 5) is 12.8. The van der Waals surface area contributed by atoms with Crippen LogP contribution in [0.25, 0.3) is 0 Å². The number of nitrogens with one attached hydrogen (secondary N) is 1. The normalized spacial score (nSPS) is 15.8. The van der Waals surface area contributed by atoms with E-state index < -0.39 is 9.84 Å². The molecule has 1 saturated carbocycles. The number of sulfone groups is 1. The van der Waals surface area contributed by atoms with Gasteiger partial charge in [-0.2, -0.15) is 0 Å². The van der Waals surface area contributed by atoms with Crippen LogP contribution in [-0.4, -0.2) is 20.6 Å². The van der Waals surface area contributed by atoms with Gasteiger partial charge in [-0.15, -0.1) is 0 Å². The fraction of sp³-hybridized carbons (Fsp3) is 0.278. The highest BCUT2D eigenvalue weighted by Crippen LogP contribution is 2.41. The molecule has 1 aliphatic rings. The summed E-state index contributed by atoms with van der Waals surface area (Å²) in [5, 5.41) is 3.25. The monoisotopic (exact) mass is 363 g/mol. The van der Waals surface area contributed by atoms with Crippen molar-refractivity contribution in [3.63, 3.8) is 0 Å². The summed E-state index contributed by atoms with van der Waals surface area (Å²) in [5.41, 5.74) is 1.23. The van der Waals surface area contributed by atoms with Crippen molar-refractivity contribution in [2.45, 2.75) is 23.8 Å². The molecule has 0 heterocycles. The van der Waals surface area contributed by atoms with Crippen molar-refractivity contribution in [2.75, 3.05) is 6.26 Å². The quantitative estimate of drug-likeness (QED) is 0.882. The molecule has 126 valence electrons. The van der Waals surface area contributed by atoms with Gasteiger partial charge in [0, 0.05) is 6.26 Å². The van der Waals surface area contributed by atoms with Crippen LogP contribution in [0.15, 0.2) is 53.4 Å². The Morgan fingerprint density at radius 3 is 2.42 bits per heavy atom. The molecule has 0 spiro atoms. The number of carbonyl (C=O) groups is 1. The minimum atomic E-state index is -3.40. The standard InChI is InChI=1S/C18H18ClNO3S/c1-24(22,23)14-9-10-16(19)15(11-14)18(21)20-17(13-7-8-13)12-5-3-2-4-6-12/h2-6,9-11,13,17H,7-8H2,1H3,(H,20,21). The van der Waals surface area contributed by atoms with Crippen LogP contribution in [0.1, 0.15) is 34.8 Å². The molecule has 1 fully saturated rings. The van der Waals surface area contributed by atoms with Crippen molar-refractivity contribution in [1.29, 1.82) is 0 Å². The molecule has 3 rings (SSSR count). The highest BCUT2D eigenvalue weighted by atomic mass is 35.5. The van der Waals surface area contributed by atoms with Crippen molar-refractivity contribution >= 4 is 27.3 Å². The van der Waals surface area contributed by atoms with E-state index in [0.29, 0.717) is 5.92 Å². The minimum Gasteiger partial charge on any atom is -0.345 e. The summed E-state index contributed by atoms with van der Waals surface area (Å²) < 4.78 is 23.4. The summed E-state index contributed by atoms with van der Waals surface area (Å²) in [6.45, 7) is 0. The van der Waals surface area contributed by atoms with Crippen LogP contribution in [0.2, 0.25) is 5.02 Å². The molecule has 0 radical (unpaired) electrons. The molecule has 2 aromatic rings. The third kappa shape index (κ3) is 3.79. The maximum atomic E-state index is 12.7. The molecule has 2 aromatic carbocycles. The van der Waals surface area contributed by atoms with E-state index in [2.05, 4.69) is 5.32 Å². The molecule has 1 unspecified atom stereocenters. The molecule has 0 bridgehead atoms. The lowest BCUT2D eigenvalue weighted by atomic mass is 10.0. The van der Waals surface area contributed by atoms with Gasteiger partial charge in [0.25, 0.3) is 5.91 Å². The Morgan fingerprint density at radius 1 is 1.17 bits per heavy atom. The van der Waals surface area contributed by atoms with E-state index in [0.717, 1.165) is 24.7 Å². The molecule has 1 amide bonds. The fourth-order valence-electron chi connectivity index (χ4n) is 2.69. The van der Waals surface area contributed by atoms with Gasteiger partial charge < -0.3 is 5.32 Å². The molecule has 24 heavy (non-hydrogen) atoms. The largest absolute Gasteiger partial charge is 0.345 e. The van der Waals surface area contributed by atoms with Gasteiger partial charge in [-0.05, 0) is 42.5 Å². The Kier molecular flexibility index (Phi) is 4.65. The van der Waals surface area contributed by atoms with Crippen LogP contribution in [-0.2, 0) is 9.84 Å². The first-order valence-electron chi connectivity index (χ1n) is 7.71. The van der Waals surface area contributed by atoms with E-state index >= 15 is 0 Å². The summed E-state index contributed by atoms with van der Waals surface area (Å²) in [5.74, 6) is 0.0551. The van der Waals surface area contributed by atoms with Crippen molar-refractivity contribution in [3.8, 4) is 0 Å². The smallest absolute Gasteiger partial charge is 0.253 e. The molecule has 0 aliphatic heterocycles. The second-order valence-electron chi connectivity index (χ2n) is 6.11. The lowest BCUT2D eigenvalue weighted by Gasteiger charge is -2.19. The van der Waals surface area contributed by atoms with Crippen LogP contribution < -0.4 is 5.32 Å². The second kappa shape index (κ2) is 6.57. The second-order valence-corrected chi connectivity index (χ2v) is 8.54. The number of carbonyl (C=O) groups excluding carboxylic acids is 1. The van der Waals surface area contributed by atoms with E-state index in [1.807, 2.05) is 30.3 Å². The minimum absolute atomic E-state index is 0.0831. The maximum absolute atomic E-state index is 12.7. The van der Waals surface area contributed by atoms with Gasteiger partial charge in [-0.25, -0.2) is 8.42 Å². The Labute approximate surface area is 146 Å². The fourth-order valence-corrected chi connectivity index (χ4v) is 3.54. The van der Waals surface area contributed by atoms with Gasteiger partial charge in [0.05, 0.1) is 21.5 Å². The van der Waals surface area contributed by atoms with Gasteiger partial charge in [0.15, 0.2) is 9.84 Å². The van der Waals surface area contributed by atoms with Gasteiger partial charge in [-0.1, -0.05) is 41.9 Å². The first-order chi connectivity index (χ1) is 11.4. The summed E-state index contributed by atoms with van der Waals surface area (Å²) in [7, 11) is -3.40. The van der Waals surface area contributed by atoms with Crippen molar-refractivity contribution < 1.29 is 13.2 Å². The lowest BCUT2D eigenvalue weighted by molar-refractivity contribution is 0.0931. The third-order valence-corrected chi connectivity index (χ3v) is 5.59. The van der Waals surface area contributed by atoms with Gasteiger partial charge in [0.1, 0.15) is 0 Å². The van der Waals surface area contributed by atoms with E-state index in [1.54, 1.807) is 0 Å². The van der Waals surface area contributed by atoms with Gasteiger partial charge in [-0.3, -0.25) is 4.79 Å². The Bertz CT molecular complexity index is 861. The predicted octanol–water partition coefficient (Wildman–Crippen LogP) is 3.62. The van der Waals surface area contributed by atoms with Crippen LogP contribution in [0.3, 0.4) is 0 Å². The first kappa shape index (κ1) is 17.0. The zero-order chi connectivity index (χ0) is 17.3. The SMILES string of the molecule is CS(=O)(=O)c1ccc(Cl)c(C(=O)NC(c2ccccc2)C2CC2)c1. The number of hydrogen-bond donors (Lipinski definition) is 1. The van der Waals surface area contributed by atoms with Crippen LogP contribution in [0, 0.1) is 5.92 Å². The van der Waals surface area contributed by atoms with Gasteiger partial charge >= 0.3 is 0 Å². The Morgan fingerprint density at radius 2 is 1.83 bits per heavy atom. The molecule has 1 N–H and O–H groups in total. The summed E-state index contributed by atoms with van der Waals surface area (Å²) >= 11 is 6.11. The molecule has 0 aromatic heterocycles. The number of rotatable bonds is 5. The Hall–Kier alpha value is -1.85. The van der Waals surface area contributed by atoms with E-state index in [-0.39, 0.29) is 27.4 Å². The average molecular weight is 364 g/mol. The molecule has 1 atom stereocenters. The van der Waals surface area contributed by atoms with E-state index in [9.17, 15) is 13.2 Å². The van der Waals surface area contributed by atoms with Crippen molar-refractivity contribution in [3.05, 3.63) is 64.7 Å². The topological polar surface area (TPSA) is 63.2 Å². The zero-order valence-corrected chi connectivity index (χ0v) is 14.8. The molecule has 4 nitrogen and oxygen atoms in total. The molecule has 1 aliphatic carbocycles. The predicted molar refractivity (Wildman–Crippen MR) is 93.9 cm³/mol. The summed E-state index contributed by atoms with van der Waals surface area (Å²) in [6.07, 6.45) is 3.24. The van der Waals surface area contributed by atoms with Gasteiger partial charge in [0.2, 0.25) is 0 Å². The molecule has 0 saturated heterocycles. The molecular weight excluding hydrogens is 346 g/mol. The maximum Gasteiger partial charge on any atom is 0.253 e. The highest BCUT2D eigenvalue weighted by Gasteiger charge is 2.33. The zero-order valence-electron chi connectivity index (χ0n) is 13.2. The van der Waals surface area contributed by atoms with E-state index in [4.69, 9.17) is 11.6 Å². The number of halogens is 1. The highest BCUT2D eigenvalue weighted by molar-refractivity contribution is 7.90. The van der Waals surface area contributed by atoms with Crippen molar-refractivity contribution in [2.24, 2.45) is 5.92 Å². The average Bonchev–Trinajstić information content (AvgIpc) is 3.37. The lowest BCUT2D eigenvalue weighted by Crippen LogP contribution is -2.30. The summed E-state index contributed by atoms with van der Waals surface area (Å²) in [6, 6.07) is 13.9. The van der Waals surface area contributed by atoms with Crippen LogP contribution >= 0.6 is 11.6 Å². The molecular formula is C18H18ClNO3S. The van der Waals surface area contributed by atoms with Crippen LogP contribution in [0.5, 0.6) is 0 Å². The Balaban J connectivity index is 1.89. The van der Waals surface area contributed by atoms with E-state index in [1.165, 1.54) is 18.2 Å². The number of amides is 1. The first-order valence-corrected chi connectivity index (χ1v) is 9.98. The molecule has 6 heteroatoms.